The lowest BCUT2D eigenvalue weighted by molar-refractivity contribution is -0.696. The number of halogens is 1. The molecular weight excluding hydrogens is 208 g/mol. The number of nitrogens with zero attached hydrogens (tertiary/aromatic N) is 2. The zero-order valence-corrected chi connectivity index (χ0v) is 10.3. The average molecular weight is 229 g/mol. The molecule has 1 aromatic rings. The first-order valence-electron chi connectivity index (χ1n) is 5.56. The summed E-state index contributed by atoms with van der Waals surface area (Å²) >= 11 is 0. The van der Waals surface area contributed by atoms with Gasteiger partial charge < -0.3 is 12.4 Å². The van der Waals surface area contributed by atoms with Crippen LogP contribution in [0.1, 0.15) is 39.0 Å². The van der Waals surface area contributed by atoms with Crippen LogP contribution in [0.15, 0.2) is 25.3 Å². The number of aromatic nitrogens is 2. The lowest BCUT2D eigenvalue weighted by atomic mass is 10.1. The zero-order valence-electron chi connectivity index (χ0n) is 9.53. The van der Waals surface area contributed by atoms with Crippen molar-refractivity contribution in [2.24, 2.45) is 0 Å². The molecule has 15 heavy (non-hydrogen) atoms. The summed E-state index contributed by atoms with van der Waals surface area (Å²) in [6.45, 7) is 7.09. The van der Waals surface area contributed by atoms with Crippen molar-refractivity contribution >= 4 is 6.20 Å². The van der Waals surface area contributed by atoms with Crippen molar-refractivity contribution in [3.63, 3.8) is 0 Å². The molecule has 0 aliphatic carbocycles. The van der Waals surface area contributed by atoms with Crippen LogP contribution in [0.3, 0.4) is 0 Å². The fourth-order valence-electron chi connectivity index (χ4n) is 1.55. The molecule has 0 bridgehead atoms. The molecule has 1 rings (SSSR count). The van der Waals surface area contributed by atoms with Crippen molar-refractivity contribution in [1.29, 1.82) is 0 Å². The van der Waals surface area contributed by atoms with Crippen LogP contribution in [-0.4, -0.2) is 4.57 Å². The van der Waals surface area contributed by atoms with Crippen molar-refractivity contribution in [1.82, 2.24) is 4.57 Å². The zero-order chi connectivity index (χ0) is 10.2. The van der Waals surface area contributed by atoms with Gasteiger partial charge in [0.25, 0.3) is 0 Å². The van der Waals surface area contributed by atoms with Gasteiger partial charge in [0.15, 0.2) is 0 Å². The Morgan fingerprint density at radius 3 is 2.60 bits per heavy atom. The maximum Gasteiger partial charge on any atom is 0.248 e. The lowest BCUT2D eigenvalue weighted by Crippen LogP contribution is -3.00. The normalized spacial score (nSPS) is 9.67. The minimum atomic E-state index is 0. The summed E-state index contributed by atoms with van der Waals surface area (Å²) < 4.78 is 4.19. The van der Waals surface area contributed by atoms with E-state index in [1.165, 1.54) is 32.1 Å². The highest BCUT2D eigenvalue weighted by Gasteiger charge is 1.99. The average Bonchev–Trinajstić information content (AvgIpc) is 2.65. The van der Waals surface area contributed by atoms with Gasteiger partial charge in [-0.1, -0.05) is 32.8 Å². The summed E-state index contributed by atoms with van der Waals surface area (Å²) in [5, 5.41) is 0. The Bertz CT molecular complexity index is 268. The molecule has 0 aliphatic heterocycles. The summed E-state index contributed by atoms with van der Waals surface area (Å²) in [7, 11) is 0. The van der Waals surface area contributed by atoms with Gasteiger partial charge in [-0.25, -0.2) is 9.13 Å². The second kappa shape index (κ2) is 8.54. The molecule has 0 aliphatic rings. The Hall–Kier alpha value is -0.760. The number of rotatable bonds is 7. The van der Waals surface area contributed by atoms with E-state index in [-0.39, 0.29) is 12.4 Å². The molecule has 1 heterocycles. The summed E-state index contributed by atoms with van der Waals surface area (Å²) in [4.78, 5) is 0. The van der Waals surface area contributed by atoms with Crippen LogP contribution in [0.5, 0.6) is 0 Å². The summed E-state index contributed by atoms with van der Waals surface area (Å²) in [5.41, 5.74) is 0. The van der Waals surface area contributed by atoms with E-state index in [1.807, 2.05) is 17.0 Å². The van der Waals surface area contributed by atoms with Crippen molar-refractivity contribution in [3.8, 4) is 0 Å². The smallest absolute Gasteiger partial charge is 0.248 e. The number of hydrogen-bond donors (Lipinski definition) is 0. The minimum absolute atomic E-state index is 0. The molecule has 0 atom stereocenters. The van der Waals surface area contributed by atoms with Crippen LogP contribution in [0.2, 0.25) is 0 Å². The Kier molecular flexibility index (Phi) is 8.11. The lowest BCUT2D eigenvalue weighted by Gasteiger charge is -1.97. The van der Waals surface area contributed by atoms with Crippen molar-refractivity contribution in [2.75, 3.05) is 0 Å². The van der Waals surface area contributed by atoms with E-state index in [0.29, 0.717) is 0 Å². The van der Waals surface area contributed by atoms with Crippen molar-refractivity contribution < 1.29 is 17.0 Å². The van der Waals surface area contributed by atoms with Gasteiger partial charge >= 0.3 is 0 Å². The van der Waals surface area contributed by atoms with Crippen LogP contribution in [-0.2, 0) is 6.54 Å². The molecule has 0 aromatic carbocycles. The molecule has 1 aromatic heterocycles. The molecule has 3 heteroatoms. The number of aryl methyl sites for hydroxylation is 1. The Balaban J connectivity index is 0.00000196. The molecule has 0 saturated heterocycles. The largest absolute Gasteiger partial charge is 1.00 e. The monoisotopic (exact) mass is 228 g/mol. The Labute approximate surface area is 99.0 Å². The number of unbranched alkanes of at least 4 members (excludes halogenated alkanes) is 4. The van der Waals surface area contributed by atoms with Crippen LogP contribution in [0.4, 0.5) is 0 Å². The minimum Gasteiger partial charge on any atom is -1.00 e. The van der Waals surface area contributed by atoms with Crippen molar-refractivity contribution in [2.45, 2.75) is 45.6 Å². The summed E-state index contributed by atoms with van der Waals surface area (Å²) in [5.74, 6) is 0. The highest BCUT2D eigenvalue weighted by Crippen LogP contribution is 2.01. The maximum atomic E-state index is 3.71. The van der Waals surface area contributed by atoms with E-state index in [9.17, 15) is 0 Å². The predicted molar refractivity (Wildman–Crippen MR) is 59.8 cm³/mol. The van der Waals surface area contributed by atoms with E-state index in [2.05, 4.69) is 30.6 Å². The molecule has 0 unspecified atom stereocenters. The molecule has 0 spiro atoms. The van der Waals surface area contributed by atoms with E-state index in [0.717, 1.165) is 6.54 Å². The second-order valence-electron chi connectivity index (χ2n) is 3.70. The highest BCUT2D eigenvalue weighted by atomic mass is 35.5. The topological polar surface area (TPSA) is 8.81 Å². The van der Waals surface area contributed by atoms with Crippen LogP contribution in [0.25, 0.3) is 6.20 Å². The molecule has 86 valence electrons. The first-order chi connectivity index (χ1) is 6.86. The van der Waals surface area contributed by atoms with Gasteiger partial charge in [0.05, 0.1) is 12.7 Å². The highest BCUT2D eigenvalue weighted by molar-refractivity contribution is 5.12. The van der Waals surface area contributed by atoms with Crippen molar-refractivity contribution in [3.05, 3.63) is 25.3 Å². The van der Waals surface area contributed by atoms with Gasteiger partial charge in [0.1, 0.15) is 12.4 Å². The summed E-state index contributed by atoms with van der Waals surface area (Å²) in [6, 6.07) is 0. The second-order valence-corrected chi connectivity index (χ2v) is 3.70. The standard InChI is InChI=1S/C12H21N2.ClH/c1-3-5-6-7-8-9-14-11-10-13(4-2)12-14;/h4,10-12H,2-3,5-9H2,1H3;1H/q+1;/p-1. The Morgan fingerprint density at radius 1 is 1.27 bits per heavy atom. The molecule has 0 fully saturated rings. The SMILES string of the molecule is C=Cn1cc[n+](CCCCCCC)c1.[Cl-]. The fraction of sp³-hybridized carbons (Fsp3) is 0.583. The quantitative estimate of drug-likeness (QED) is 0.454. The first-order valence-corrected chi connectivity index (χ1v) is 5.56. The molecule has 0 saturated carbocycles. The molecular formula is C12H21ClN2. The first kappa shape index (κ1) is 14.2. The van der Waals surface area contributed by atoms with Crippen LogP contribution < -0.4 is 17.0 Å². The molecule has 2 nitrogen and oxygen atoms in total. The predicted octanol–water partition coefficient (Wildman–Crippen LogP) is -0.149. The van der Waals surface area contributed by atoms with E-state index < -0.39 is 0 Å². The fourth-order valence-corrected chi connectivity index (χ4v) is 1.55. The molecule has 0 amide bonds. The third kappa shape index (κ3) is 5.63. The van der Waals surface area contributed by atoms with Gasteiger partial charge in [-0.15, -0.1) is 0 Å². The number of imidazole rings is 1. The third-order valence-corrected chi connectivity index (χ3v) is 2.44. The summed E-state index contributed by atoms with van der Waals surface area (Å²) in [6.07, 6.45) is 14.7. The van der Waals surface area contributed by atoms with Gasteiger partial charge in [0, 0.05) is 0 Å². The molecule has 0 radical (unpaired) electrons. The van der Waals surface area contributed by atoms with E-state index in [1.54, 1.807) is 0 Å². The van der Waals surface area contributed by atoms with Gasteiger partial charge in [0.2, 0.25) is 6.33 Å². The van der Waals surface area contributed by atoms with Crippen LogP contribution in [0, 0.1) is 0 Å². The van der Waals surface area contributed by atoms with Gasteiger partial charge in [-0.2, -0.15) is 0 Å². The van der Waals surface area contributed by atoms with E-state index >= 15 is 0 Å². The Morgan fingerprint density at radius 2 is 2.00 bits per heavy atom. The van der Waals surface area contributed by atoms with Gasteiger partial charge in [-0.05, 0) is 12.8 Å². The number of hydrogen-bond acceptors (Lipinski definition) is 0. The third-order valence-electron chi connectivity index (χ3n) is 2.44. The van der Waals surface area contributed by atoms with Gasteiger partial charge in [-0.3, -0.25) is 0 Å². The van der Waals surface area contributed by atoms with E-state index in [4.69, 9.17) is 0 Å². The van der Waals surface area contributed by atoms with Crippen LogP contribution >= 0.6 is 0 Å². The maximum absolute atomic E-state index is 3.71. The molecule has 0 N–H and O–H groups in total.